The van der Waals surface area contributed by atoms with E-state index in [1.54, 1.807) is 28.4 Å². The Bertz CT molecular complexity index is 766. The second-order valence-corrected chi connectivity index (χ2v) is 6.39. The molecule has 4 rings (SSSR count). The van der Waals surface area contributed by atoms with Gasteiger partial charge in [-0.15, -0.1) is 11.3 Å². The van der Waals surface area contributed by atoms with E-state index in [1.165, 1.54) is 0 Å². The van der Waals surface area contributed by atoms with Crippen molar-refractivity contribution in [1.82, 2.24) is 24.7 Å². The van der Waals surface area contributed by atoms with Crippen LogP contribution in [-0.2, 0) is 0 Å². The molecule has 1 aliphatic heterocycles. The molecule has 0 amide bonds. The molecule has 6 nitrogen and oxygen atoms in total. The van der Waals surface area contributed by atoms with Crippen LogP contribution in [0.15, 0.2) is 36.2 Å². The Morgan fingerprint density at radius 2 is 2.14 bits per heavy atom. The molecule has 0 unspecified atom stereocenters. The van der Waals surface area contributed by atoms with Gasteiger partial charge in [0.2, 0.25) is 0 Å². The summed E-state index contributed by atoms with van der Waals surface area (Å²) in [4.78, 5) is 16.0. The van der Waals surface area contributed by atoms with Crippen molar-refractivity contribution in [3.8, 4) is 5.82 Å². The summed E-state index contributed by atoms with van der Waals surface area (Å²) in [6.07, 6.45) is 9.43. The van der Waals surface area contributed by atoms with Gasteiger partial charge in [0.25, 0.3) is 0 Å². The zero-order valence-corrected chi connectivity index (χ0v) is 13.1. The van der Waals surface area contributed by atoms with E-state index in [9.17, 15) is 0 Å². The molecule has 0 saturated carbocycles. The SMILES string of the molecule is Cc1nc([C@H]2CCCN2c2cncc(-n3cccn3)n2)cs1. The van der Waals surface area contributed by atoms with Crippen LogP contribution in [0.25, 0.3) is 5.82 Å². The number of hydrogen-bond acceptors (Lipinski definition) is 6. The third kappa shape index (κ3) is 2.37. The molecular formula is C15H16N6S. The van der Waals surface area contributed by atoms with Crippen LogP contribution in [0, 0.1) is 6.92 Å². The average molecular weight is 312 g/mol. The van der Waals surface area contributed by atoms with Crippen molar-refractivity contribution in [1.29, 1.82) is 0 Å². The van der Waals surface area contributed by atoms with E-state index in [2.05, 4.69) is 25.3 Å². The van der Waals surface area contributed by atoms with Crippen molar-refractivity contribution in [2.45, 2.75) is 25.8 Å². The largest absolute Gasteiger partial charge is 0.347 e. The molecule has 0 spiro atoms. The first-order valence-corrected chi connectivity index (χ1v) is 8.20. The van der Waals surface area contributed by atoms with Crippen molar-refractivity contribution in [3.63, 3.8) is 0 Å². The summed E-state index contributed by atoms with van der Waals surface area (Å²) in [6.45, 7) is 3.03. The molecule has 0 aliphatic carbocycles. The van der Waals surface area contributed by atoms with Gasteiger partial charge in [-0.1, -0.05) is 0 Å². The second-order valence-electron chi connectivity index (χ2n) is 5.33. The third-order valence-corrected chi connectivity index (χ3v) is 4.67. The number of aromatic nitrogens is 5. The molecule has 0 aromatic carbocycles. The van der Waals surface area contributed by atoms with Gasteiger partial charge in [0, 0.05) is 24.3 Å². The lowest BCUT2D eigenvalue weighted by Crippen LogP contribution is -2.24. The first-order chi connectivity index (χ1) is 10.8. The number of anilines is 1. The van der Waals surface area contributed by atoms with E-state index in [4.69, 9.17) is 4.98 Å². The molecule has 3 aromatic rings. The van der Waals surface area contributed by atoms with E-state index >= 15 is 0 Å². The second kappa shape index (κ2) is 5.49. The summed E-state index contributed by atoms with van der Waals surface area (Å²) >= 11 is 1.70. The van der Waals surface area contributed by atoms with Gasteiger partial charge in [-0.25, -0.2) is 14.6 Å². The fourth-order valence-electron chi connectivity index (χ4n) is 2.88. The number of nitrogens with zero attached hydrogens (tertiary/aromatic N) is 6. The topological polar surface area (TPSA) is 59.7 Å². The Balaban J connectivity index is 1.67. The summed E-state index contributed by atoms with van der Waals surface area (Å²) in [5.41, 5.74) is 1.14. The Hall–Kier alpha value is -2.28. The molecule has 1 fully saturated rings. The summed E-state index contributed by atoms with van der Waals surface area (Å²) < 4.78 is 1.73. The summed E-state index contributed by atoms with van der Waals surface area (Å²) in [5, 5.41) is 7.49. The number of rotatable bonds is 3. The highest BCUT2D eigenvalue weighted by Gasteiger charge is 2.29. The molecule has 3 aromatic heterocycles. The van der Waals surface area contributed by atoms with Gasteiger partial charge in [-0.05, 0) is 25.8 Å². The molecular weight excluding hydrogens is 296 g/mol. The first kappa shape index (κ1) is 13.4. The minimum Gasteiger partial charge on any atom is -0.347 e. The Morgan fingerprint density at radius 1 is 1.23 bits per heavy atom. The van der Waals surface area contributed by atoms with Gasteiger partial charge < -0.3 is 4.90 Å². The van der Waals surface area contributed by atoms with Crippen molar-refractivity contribution in [2.24, 2.45) is 0 Å². The Morgan fingerprint density at radius 3 is 2.91 bits per heavy atom. The molecule has 0 radical (unpaired) electrons. The van der Waals surface area contributed by atoms with Gasteiger partial charge in [-0.3, -0.25) is 4.98 Å². The van der Waals surface area contributed by atoms with Crippen LogP contribution in [0.2, 0.25) is 0 Å². The van der Waals surface area contributed by atoms with Gasteiger partial charge >= 0.3 is 0 Å². The zero-order valence-electron chi connectivity index (χ0n) is 12.3. The third-order valence-electron chi connectivity index (χ3n) is 3.87. The maximum Gasteiger partial charge on any atom is 0.173 e. The lowest BCUT2D eigenvalue weighted by atomic mass is 10.2. The first-order valence-electron chi connectivity index (χ1n) is 7.32. The highest BCUT2D eigenvalue weighted by Crippen LogP contribution is 2.35. The molecule has 1 aliphatic rings. The summed E-state index contributed by atoms with van der Waals surface area (Å²) in [6, 6.07) is 2.18. The van der Waals surface area contributed by atoms with Crippen LogP contribution >= 0.6 is 11.3 Å². The van der Waals surface area contributed by atoms with Crippen LogP contribution in [0.1, 0.15) is 29.6 Å². The van der Waals surface area contributed by atoms with E-state index < -0.39 is 0 Å². The van der Waals surface area contributed by atoms with E-state index in [1.807, 2.05) is 25.4 Å². The van der Waals surface area contributed by atoms with Gasteiger partial charge in [0.15, 0.2) is 5.82 Å². The minimum absolute atomic E-state index is 0.298. The van der Waals surface area contributed by atoms with Crippen molar-refractivity contribution in [3.05, 3.63) is 46.9 Å². The fraction of sp³-hybridized carbons (Fsp3) is 0.333. The van der Waals surface area contributed by atoms with Gasteiger partial charge in [0.05, 0.1) is 29.1 Å². The van der Waals surface area contributed by atoms with Crippen LogP contribution in [0.4, 0.5) is 5.82 Å². The quantitative estimate of drug-likeness (QED) is 0.744. The zero-order chi connectivity index (χ0) is 14.9. The van der Waals surface area contributed by atoms with E-state index in [0.29, 0.717) is 6.04 Å². The van der Waals surface area contributed by atoms with E-state index in [0.717, 1.165) is 41.7 Å². The van der Waals surface area contributed by atoms with Crippen LogP contribution in [-0.4, -0.2) is 31.3 Å². The molecule has 1 saturated heterocycles. The lowest BCUT2D eigenvalue weighted by Gasteiger charge is -2.24. The fourth-order valence-corrected chi connectivity index (χ4v) is 3.54. The molecule has 1 atom stereocenters. The van der Waals surface area contributed by atoms with Crippen LogP contribution in [0.5, 0.6) is 0 Å². The number of aryl methyl sites for hydroxylation is 1. The van der Waals surface area contributed by atoms with Gasteiger partial charge in [-0.2, -0.15) is 5.10 Å². The highest BCUT2D eigenvalue weighted by atomic mass is 32.1. The van der Waals surface area contributed by atoms with Crippen LogP contribution in [0.3, 0.4) is 0 Å². The standard InChI is InChI=1S/C15H16N6S/c1-11-18-12(10-22-11)13-4-2-6-20(13)14-8-16-9-15(19-14)21-7-3-5-17-21/h3,5,7-10,13H,2,4,6H2,1H3/t13-/m1/s1. The van der Waals surface area contributed by atoms with Crippen molar-refractivity contribution < 1.29 is 0 Å². The Labute approximate surface area is 132 Å². The number of thiazole rings is 1. The lowest BCUT2D eigenvalue weighted by molar-refractivity contribution is 0.687. The predicted molar refractivity (Wildman–Crippen MR) is 85.3 cm³/mol. The highest BCUT2D eigenvalue weighted by molar-refractivity contribution is 7.09. The summed E-state index contributed by atoms with van der Waals surface area (Å²) in [7, 11) is 0. The number of hydrogen-bond donors (Lipinski definition) is 0. The maximum absolute atomic E-state index is 4.72. The van der Waals surface area contributed by atoms with Crippen molar-refractivity contribution >= 4 is 17.2 Å². The predicted octanol–water partition coefficient (Wildman–Crippen LogP) is 2.77. The molecule has 7 heteroatoms. The molecule has 112 valence electrons. The van der Waals surface area contributed by atoms with Crippen molar-refractivity contribution in [2.75, 3.05) is 11.4 Å². The minimum atomic E-state index is 0.298. The monoisotopic (exact) mass is 312 g/mol. The van der Waals surface area contributed by atoms with E-state index in [-0.39, 0.29) is 0 Å². The average Bonchev–Trinajstić information content (AvgIpc) is 3.28. The molecule has 0 N–H and O–H groups in total. The molecule has 22 heavy (non-hydrogen) atoms. The molecule has 4 heterocycles. The smallest absolute Gasteiger partial charge is 0.173 e. The Kier molecular flexibility index (Phi) is 3.34. The normalized spacial score (nSPS) is 18.0. The summed E-state index contributed by atoms with van der Waals surface area (Å²) in [5.74, 6) is 1.63. The maximum atomic E-state index is 4.72. The van der Waals surface area contributed by atoms with Crippen LogP contribution < -0.4 is 4.90 Å². The van der Waals surface area contributed by atoms with Gasteiger partial charge in [0.1, 0.15) is 5.82 Å². The molecule has 0 bridgehead atoms.